The highest BCUT2D eigenvalue weighted by Crippen LogP contribution is 2.41. The molecule has 0 amide bonds. The molecule has 0 aliphatic heterocycles. The average Bonchev–Trinajstić information content (AvgIpc) is 4.10. The molecule has 0 radical (unpaired) electrons. The summed E-state index contributed by atoms with van der Waals surface area (Å²) in [5.41, 5.74) is 15.7. The van der Waals surface area contributed by atoms with Crippen molar-refractivity contribution in [1.82, 2.24) is 17.6 Å². The van der Waals surface area contributed by atoms with Crippen LogP contribution in [0.15, 0.2) is 216 Å². The summed E-state index contributed by atoms with van der Waals surface area (Å²) in [7, 11) is 0. The number of fused-ring (bicyclic) bond motifs is 16. The first-order valence-corrected chi connectivity index (χ1v) is 22.3. The van der Waals surface area contributed by atoms with E-state index in [1.165, 1.54) is 0 Å². The number of rotatable bonds is 3. The predicted molar refractivity (Wildman–Crippen MR) is 273 cm³/mol. The molecule has 0 atom stereocenters. The number of benzene rings is 9. The molecule has 0 spiro atoms. The third kappa shape index (κ3) is 4.64. The van der Waals surface area contributed by atoms with Crippen LogP contribution >= 0.6 is 0 Å². The molecule has 0 bridgehead atoms. The first-order valence-electron chi connectivity index (χ1n) is 22.3. The molecule has 6 nitrogen and oxygen atoms in total. The van der Waals surface area contributed by atoms with Gasteiger partial charge < -0.3 is 8.80 Å². The zero-order valence-corrected chi connectivity index (χ0v) is 35.2. The molecule has 66 heavy (non-hydrogen) atoms. The second-order valence-electron chi connectivity index (χ2n) is 17.6. The summed E-state index contributed by atoms with van der Waals surface area (Å²) in [6.07, 6.45) is 0. The molecule has 15 aromatic rings. The number of aromatic nitrogens is 4. The molecule has 0 aliphatic carbocycles. The third-order valence-corrected chi connectivity index (χ3v) is 14.2. The molecule has 15 rings (SSSR count). The highest BCUT2D eigenvalue weighted by atomic mass is 16.1. The summed E-state index contributed by atoms with van der Waals surface area (Å²) < 4.78 is 8.37. The van der Waals surface area contributed by atoms with Crippen LogP contribution in [-0.4, -0.2) is 17.6 Å². The van der Waals surface area contributed by atoms with Crippen molar-refractivity contribution in [2.75, 3.05) is 0 Å². The molecule has 306 valence electrons. The van der Waals surface area contributed by atoms with E-state index >= 15 is 4.79 Å². The maximum Gasteiger partial charge on any atom is 0.265 e. The highest BCUT2D eigenvalue weighted by Gasteiger charge is 2.22. The lowest BCUT2D eigenvalue weighted by Gasteiger charge is -2.08. The van der Waals surface area contributed by atoms with Gasteiger partial charge >= 0.3 is 0 Å². The van der Waals surface area contributed by atoms with Crippen molar-refractivity contribution < 1.29 is 0 Å². The third-order valence-electron chi connectivity index (χ3n) is 14.2. The largest absolute Gasteiger partial charge is 0.307 e. The van der Waals surface area contributed by atoms with Gasteiger partial charge in [0.2, 0.25) is 0 Å². The Morgan fingerprint density at radius 3 is 1.61 bits per heavy atom. The zero-order valence-electron chi connectivity index (χ0n) is 35.2. The van der Waals surface area contributed by atoms with Gasteiger partial charge in [0.25, 0.3) is 11.1 Å². The van der Waals surface area contributed by atoms with Crippen LogP contribution in [0.3, 0.4) is 0 Å². The van der Waals surface area contributed by atoms with Crippen LogP contribution in [0.2, 0.25) is 0 Å². The van der Waals surface area contributed by atoms with E-state index in [0.717, 1.165) is 121 Å². The lowest BCUT2D eigenvalue weighted by Crippen LogP contribution is -2.09. The smallest absolute Gasteiger partial charge is 0.265 e. The maximum atomic E-state index is 15.2. The van der Waals surface area contributed by atoms with Crippen LogP contribution in [0.25, 0.3) is 132 Å². The van der Waals surface area contributed by atoms with Gasteiger partial charge in [0.1, 0.15) is 0 Å². The van der Waals surface area contributed by atoms with Gasteiger partial charge in [0.05, 0.1) is 65.9 Å². The fraction of sp³-hybridized carbons (Fsp3) is 0. The van der Waals surface area contributed by atoms with Crippen molar-refractivity contribution in [1.29, 1.82) is 0 Å². The second-order valence-corrected chi connectivity index (χ2v) is 17.6. The van der Waals surface area contributed by atoms with E-state index in [9.17, 15) is 4.79 Å². The van der Waals surface area contributed by atoms with Crippen molar-refractivity contribution in [2.24, 2.45) is 0 Å². The molecular formula is C60H34N4O2. The van der Waals surface area contributed by atoms with E-state index in [2.05, 4.69) is 160 Å². The number of para-hydroxylation sites is 4. The molecule has 0 fully saturated rings. The quantitative estimate of drug-likeness (QED) is 0.178. The van der Waals surface area contributed by atoms with E-state index in [1.54, 1.807) is 0 Å². The molecule has 9 aromatic carbocycles. The zero-order chi connectivity index (χ0) is 43.4. The lowest BCUT2D eigenvalue weighted by atomic mass is 9.96. The van der Waals surface area contributed by atoms with Crippen LogP contribution in [0.5, 0.6) is 0 Å². The predicted octanol–water partition coefficient (Wildman–Crippen LogP) is 13.9. The molecule has 0 saturated heterocycles. The Morgan fingerprint density at radius 2 is 0.773 bits per heavy atom. The Balaban J connectivity index is 0.961. The Kier molecular flexibility index (Phi) is 6.88. The topological polar surface area (TPSA) is 51.8 Å². The molecule has 6 aromatic heterocycles. The number of nitrogens with zero attached hydrogens (tertiary/aromatic N) is 4. The fourth-order valence-electron chi connectivity index (χ4n) is 11.3. The summed E-state index contributed by atoms with van der Waals surface area (Å²) in [5.74, 6) is 0. The number of hydrogen-bond donors (Lipinski definition) is 0. The van der Waals surface area contributed by atoms with Crippen LogP contribution in [0, 0.1) is 0 Å². The summed E-state index contributed by atoms with van der Waals surface area (Å²) in [6, 6.07) is 71.8. The fourth-order valence-corrected chi connectivity index (χ4v) is 11.3. The van der Waals surface area contributed by atoms with Crippen molar-refractivity contribution in [2.45, 2.75) is 0 Å². The van der Waals surface area contributed by atoms with E-state index < -0.39 is 0 Å². The van der Waals surface area contributed by atoms with Gasteiger partial charge in [-0.2, -0.15) is 0 Å². The first kappa shape index (κ1) is 35.5. The molecule has 6 heterocycles. The summed E-state index contributed by atoms with van der Waals surface area (Å²) >= 11 is 0. The van der Waals surface area contributed by atoms with Crippen LogP contribution in [-0.2, 0) is 0 Å². The van der Waals surface area contributed by atoms with Crippen molar-refractivity contribution >= 4 is 98.3 Å². The molecule has 0 N–H and O–H groups in total. The van der Waals surface area contributed by atoms with Gasteiger partial charge in [-0.3, -0.25) is 18.4 Å². The van der Waals surface area contributed by atoms with Crippen molar-refractivity contribution in [3.05, 3.63) is 227 Å². The van der Waals surface area contributed by atoms with Gasteiger partial charge in [-0.25, -0.2) is 0 Å². The first-order chi connectivity index (χ1) is 32.6. The van der Waals surface area contributed by atoms with Gasteiger partial charge in [-0.05, 0) is 112 Å². The Labute approximate surface area is 374 Å². The summed E-state index contributed by atoms with van der Waals surface area (Å²) in [6.45, 7) is 0. The van der Waals surface area contributed by atoms with Gasteiger partial charge in [0, 0.05) is 32.3 Å². The second kappa shape index (κ2) is 12.8. The molecule has 0 unspecified atom stereocenters. The monoisotopic (exact) mass is 842 g/mol. The minimum atomic E-state index is -0.0422. The average molecular weight is 843 g/mol. The summed E-state index contributed by atoms with van der Waals surface area (Å²) in [5, 5.41) is 7.70. The van der Waals surface area contributed by atoms with Gasteiger partial charge in [-0.1, -0.05) is 127 Å². The summed E-state index contributed by atoms with van der Waals surface area (Å²) in [4.78, 5) is 29.8. The van der Waals surface area contributed by atoms with Crippen molar-refractivity contribution in [3.8, 4) is 33.4 Å². The molecular weight excluding hydrogens is 809 g/mol. The number of hydrogen-bond acceptors (Lipinski definition) is 2. The van der Waals surface area contributed by atoms with Gasteiger partial charge in [0.15, 0.2) is 0 Å². The van der Waals surface area contributed by atoms with Crippen molar-refractivity contribution in [3.63, 3.8) is 0 Å². The van der Waals surface area contributed by atoms with Crippen LogP contribution < -0.4 is 11.1 Å². The van der Waals surface area contributed by atoms with E-state index in [4.69, 9.17) is 0 Å². The SMILES string of the molecule is O=c1c2ccccc2n2c3ccccc3cc2c2cc3ccc(-c4cccc(-c5ccc6c(c5)c5cc(-c7ccccc7)cc7c(=O)n8c9ccccc9c9cccc(c98)n6c75)c4)cc3n12. The van der Waals surface area contributed by atoms with Gasteiger partial charge in [-0.15, -0.1) is 0 Å². The molecule has 6 heteroatoms. The normalized spacial score (nSPS) is 12.4. The lowest BCUT2D eigenvalue weighted by molar-refractivity contribution is 1.21. The van der Waals surface area contributed by atoms with Crippen LogP contribution in [0.1, 0.15) is 0 Å². The Bertz CT molecular complexity index is 4740. The molecule has 0 aliphatic rings. The Hall–Kier alpha value is -9.00. The van der Waals surface area contributed by atoms with E-state index in [1.807, 2.05) is 63.4 Å². The maximum absolute atomic E-state index is 15.2. The highest BCUT2D eigenvalue weighted by molar-refractivity contribution is 6.20. The minimum absolute atomic E-state index is 0.0314. The standard InChI is InChI=1S/C60H34N4O2/c65-59-45-18-6-9-22-51(45)61-49-20-7-4-14-40(49)33-55(61)56-34-41-25-24-39(32-54(41)63(56)59)37-16-10-15-36(28-37)38-26-27-52-46(29-38)47-30-42(35-12-2-1-3-13-35)31-48-57(47)62(52)53-23-11-19-44-43-17-5-8-21-50(43)64(58(44)53)60(48)66/h1-34H. The Morgan fingerprint density at radius 1 is 0.227 bits per heavy atom. The van der Waals surface area contributed by atoms with Crippen LogP contribution in [0.4, 0.5) is 0 Å². The van der Waals surface area contributed by atoms with E-state index in [-0.39, 0.29) is 11.1 Å². The molecule has 0 saturated carbocycles. The minimum Gasteiger partial charge on any atom is -0.307 e. The van der Waals surface area contributed by atoms with E-state index in [0.29, 0.717) is 10.8 Å².